The molecule has 0 bridgehead atoms. The Kier molecular flexibility index (Phi) is 8.28. The maximum absolute atomic E-state index is 11.4. The van der Waals surface area contributed by atoms with Crippen LogP contribution in [0.1, 0.15) is 13.8 Å². The van der Waals surface area contributed by atoms with Crippen molar-refractivity contribution >= 4 is 11.8 Å². The Bertz CT molecular complexity index is 579. The molecule has 0 spiro atoms. The quantitative estimate of drug-likeness (QED) is 0.202. The first-order valence-corrected chi connectivity index (χ1v) is 9.04. The van der Waals surface area contributed by atoms with Gasteiger partial charge in [0.1, 0.15) is 48.7 Å². The molecule has 2 heterocycles. The Morgan fingerprint density at radius 3 is 1.90 bits per heavy atom. The molecule has 2 rings (SSSR count). The molecule has 6 unspecified atom stereocenters. The number of aliphatic hydroxyl groups excluding tert-OH is 6. The molecule has 2 saturated heterocycles. The lowest BCUT2D eigenvalue weighted by molar-refractivity contribution is -0.297. The van der Waals surface area contributed by atoms with E-state index in [-0.39, 0.29) is 0 Å². The number of amides is 2. The molecule has 0 radical (unpaired) electrons. The molecule has 2 fully saturated rings. The normalized spacial score (nSPS) is 42.9. The van der Waals surface area contributed by atoms with Crippen molar-refractivity contribution in [2.24, 2.45) is 0 Å². The van der Waals surface area contributed by atoms with E-state index in [1.54, 1.807) is 0 Å². The number of hydrogen-bond acceptors (Lipinski definition) is 11. The van der Waals surface area contributed by atoms with E-state index in [4.69, 9.17) is 14.2 Å². The van der Waals surface area contributed by atoms with E-state index in [0.717, 1.165) is 0 Å². The zero-order chi connectivity index (χ0) is 21.9. The van der Waals surface area contributed by atoms with Crippen molar-refractivity contribution in [2.45, 2.75) is 75.1 Å². The molecule has 0 aliphatic carbocycles. The number of rotatable bonds is 6. The third kappa shape index (κ3) is 5.59. The topological polar surface area (TPSA) is 207 Å². The van der Waals surface area contributed by atoms with Crippen LogP contribution in [0.3, 0.4) is 0 Å². The van der Waals surface area contributed by atoms with Gasteiger partial charge in [-0.25, -0.2) is 0 Å². The lowest BCUT2D eigenvalue weighted by Gasteiger charge is -2.44. The van der Waals surface area contributed by atoms with Crippen LogP contribution < -0.4 is 10.6 Å². The molecule has 0 saturated carbocycles. The molecule has 2 aliphatic heterocycles. The zero-order valence-electron chi connectivity index (χ0n) is 15.9. The number of carbonyl (C=O) groups excluding carboxylic acids is 2. The number of aliphatic hydroxyl groups is 6. The SMILES string of the molecule is CC(=O)NC1C(O)[C@@H](O)C(CO)O[C@H]1OCC1O[C@@H](O)C(NC(C)=O)C(O)[C@H]1O. The standard InChI is InChI=1S/C16H28N2O11/c1-5(20)17-9-13(24)12(23)8(28-15(9)26)4-27-16-10(18-6(2)21)14(25)11(22)7(3-19)29-16/h7-16,19,22-26H,3-4H2,1-2H3,(H,17,20)(H,18,21)/t7?,8?,9?,10?,11-,12-,13?,14?,15+,16+/m0/s1. The fourth-order valence-corrected chi connectivity index (χ4v) is 3.28. The summed E-state index contributed by atoms with van der Waals surface area (Å²) in [5, 5.41) is 64.4. The van der Waals surface area contributed by atoms with Gasteiger partial charge in [-0.15, -0.1) is 0 Å². The molecule has 168 valence electrons. The van der Waals surface area contributed by atoms with Crippen molar-refractivity contribution in [3.63, 3.8) is 0 Å². The van der Waals surface area contributed by atoms with E-state index >= 15 is 0 Å². The zero-order valence-corrected chi connectivity index (χ0v) is 15.9. The maximum atomic E-state index is 11.4. The van der Waals surface area contributed by atoms with Crippen LogP contribution in [0.2, 0.25) is 0 Å². The third-order valence-electron chi connectivity index (χ3n) is 4.77. The predicted octanol–water partition coefficient (Wildman–Crippen LogP) is -5.11. The van der Waals surface area contributed by atoms with Gasteiger partial charge in [0.15, 0.2) is 12.6 Å². The first-order chi connectivity index (χ1) is 13.6. The van der Waals surface area contributed by atoms with Gasteiger partial charge in [-0.1, -0.05) is 0 Å². The third-order valence-corrected chi connectivity index (χ3v) is 4.77. The van der Waals surface area contributed by atoms with E-state index in [0.29, 0.717) is 0 Å². The van der Waals surface area contributed by atoms with Gasteiger partial charge in [-0.05, 0) is 0 Å². The van der Waals surface area contributed by atoms with Gasteiger partial charge in [0.25, 0.3) is 0 Å². The molecule has 0 aromatic rings. The van der Waals surface area contributed by atoms with Crippen molar-refractivity contribution < 1.29 is 54.4 Å². The molecule has 13 heteroatoms. The van der Waals surface area contributed by atoms with E-state index in [2.05, 4.69) is 10.6 Å². The second kappa shape index (κ2) is 10.1. The van der Waals surface area contributed by atoms with E-state index in [9.17, 15) is 40.2 Å². The lowest BCUT2D eigenvalue weighted by Crippen LogP contribution is -2.66. The molecule has 29 heavy (non-hydrogen) atoms. The largest absolute Gasteiger partial charge is 0.394 e. The highest BCUT2D eigenvalue weighted by atomic mass is 16.7. The average molecular weight is 424 g/mol. The fourth-order valence-electron chi connectivity index (χ4n) is 3.28. The fraction of sp³-hybridized carbons (Fsp3) is 0.875. The monoisotopic (exact) mass is 424 g/mol. The van der Waals surface area contributed by atoms with Gasteiger partial charge in [-0.3, -0.25) is 9.59 Å². The highest BCUT2D eigenvalue weighted by Crippen LogP contribution is 2.25. The second-order valence-electron chi connectivity index (χ2n) is 7.04. The Morgan fingerprint density at radius 1 is 0.828 bits per heavy atom. The molecule has 2 amide bonds. The van der Waals surface area contributed by atoms with Crippen LogP contribution in [0, 0.1) is 0 Å². The van der Waals surface area contributed by atoms with Crippen LogP contribution in [-0.4, -0.2) is 117 Å². The molecule has 10 atom stereocenters. The summed E-state index contributed by atoms with van der Waals surface area (Å²) in [5.41, 5.74) is 0. The van der Waals surface area contributed by atoms with Crippen molar-refractivity contribution in [2.75, 3.05) is 13.2 Å². The minimum absolute atomic E-state index is 0.455. The minimum atomic E-state index is -1.64. The Morgan fingerprint density at radius 2 is 1.34 bits per heavy atom. The van der Waals surface area contributed by atoms with Gasteiger partial charge in [0.05, 0.1) is 13.2 Å². The Balaban J connectivity index is 2.05. The molecular weight excluding hydrogens is 396 g/mol. The molecule has 0 aromatic carbocycles. The summed E-state index contributed by atoms with van der Waals surface area (Å²) in [6.45, 7) is 1.26. The van der Waals surface area contributed by atoms with E-state index < -0.39 is 86.3 Å². The van der Waals surface area contributed by atoms with E-state index in [1.807, 2.05) is 0 Å². The smallest absolute Gasteiger partial charge is 0.217 e. The summed E-state index contributed by atoms with van der Waals surface area (Å²) >= 11 is 0. The van der Waals surface area contributed by atoms with Gasteiger partial charge < -0.3 is 55.5 Å². The second-order valence-corrected chi connectivity index (χ2v) is 7.04. The molecular formula is C16H28N2O11. The van der Waals surface area contributed by atoms with Gasteiger partial charge in [0, 0.05) is 13.8 Å². The average Bonchev–Trinajstić information content (AvgIpc) is 2.65. The Labute approximate surface area is 166 Å². The predicted molar refractivity (Wildman–Crippen MR) is 91.8 cm³/mol. The van der Waals surface area contributed by atoms with E-state index in [1.165, 1.54) is 13.8 Å². The van der Waals surface area contributed by atoms with Crippen LogP contribution in [0.5, 0.6) is 0 Å². The van der Waals surface area contributed by atoms with Gasteiger partial charge in [-0.2, -0.15) is 0 Å². The molecule has 0 aromatic heterocycles. The van der Waals surface area contributed by atoms with Crippen LogP contribution in [-0.2, 0) is 23.8 Å². The van der Waals surface area contributed by atoms with Crippen LogP contribution in [0.4, 0.5) is 0 Å². The first kappa shape index (κ1) is 23.9. The first-order valence-electron chi connectivity index (χ1n) is 9.04. The number of ether oxygens (including phenoxy) is 3. The summed E-state index contributed by atoms with van der Waals surface area (Å²) in [6.07, 6.45) is -11.5. The van der Waals surface area contributed by atoms with Crippen LogP contribution in [0.25, 0.3) is 0 Å². The summed E-state index contributed by atoms with van der Waals surface area (Å²) in [6, 6.07) is -2.46. The molecule has 2 aliphatic rings. The van der Waals surface area contributed by atoms with Crippen molar-refractivity contribution in [1.29, 1.82) is 0 Å². The van der Waals surface area contributed by atoms with Crippen molar-refractivity contribution in [1.82, 2.24) is 10.6 Å². The number of nitrogens with one attached hydrogen (secondary N) is 2. The minimum Gasteiger partial charge on any atom is -0.394 e. The van der Waals surface area contributed by atoms with Crippen LogP contribution >= 0.6 is 0 Å². The summed E-state index contributed by atoms with van der Waals surface area (Å²) in [5.74, 6) is -1.09. The van der Waals surface area contributed by atoms with Gasteiger partial charge >= 0.3 is 0 Å². The lowest BCUT2D eigenvalue weighted by atomic mass is 9.96. The van der Waals surface area contributed by atoms with Gasteiger partial charge in [0.2, 0.25) is 11.8 Å². The highest BCUT2D eigenvalue weighted by molar-refractivity contribution is 5.73. The summed E-state index contributed by atoms with van der Waals surface area (Å²) < 4.78 is 16.0. The maximum Gasteiger partial charge on any atom is 0.217 e. The summed E-state index contributed by atoms with van der Waals surface area (Å²) in [4.78, 5) is 22.6. The Hall–Kier alpha value is -1.42. The highest BCUT2D eigenvalue weighted by Gasteiger charge is 2.48. The molecule has 8 N–H and O–H groups in total. The molecule has 13 nitrogen and oxygen atoms in total. The number of hydrogen-bond donors (Lipinski definition) is 8. The van der Waals surface area contributed by atoms with Crippen molar-refractivity contribution in [3.8, 4) is 0 Å². The number of carbonyl (C=O) groups is 2. The summed E-state index contributed by atoms with van der Waals surface area (Å²) in [7, 11) is 0. The van der Waals surface area contributed by atoms with Crippen molar-refractivity contribution in [3.05, 3.63) is 0 Å². The van der Waals surface area contributed by atoms with Crippen LogP contribution in [0.15, 0.2) is 0 Å².